The summed E-state index contributed by atoms with van der Waals surface area (Å²) in [5.74, 6) is 0.0113. The number of aryl methyl sites for hydroxylation is 1. The minimum Gasteiger partial charge on any atom is -0.293 e. The molecule has 2 rings (SSSR count). The molecule has 1 nitrogen and oxygen atoms in total. The van der Waals surface area contributed by atoms with E-state index in [1.807, 2.05) is 30.3 Å². The third kappa shape index (κ3) is 1.88. The minimum absolute atomic E-state index is 0.0277. The summed E-state index contributed by atoms with van der Waals surface area (Å²) in [4.78, 5) is 11.4. The van der Waals surface area contributed by atoms with Crippen LogP contribution in [0, 0.1) is 6.92 Å². The molecule has 0 saturated heterocycles. The highest BCUT2D eigenvalue weighted by Crippen LogP contribution is 2.19. The van der Waals surface area contributed by atoms with Gasteiger partial charge in [-0.15, -0.1) is 11.6 Å². The van der Waals surface area contributed by atoms with Crippen LogP contribution in [0.5, 0.6) is 0 Å². The van der Waals surface area contributed by atoms with E-state index in [9.17, 15) is 4.79 Å². The van der Waals surface area contributed by atoms with Gasteiger partial charge >= 0.3 is 0 Å². The zero-order chi connectivity index (χ0) is 10.8. The number of fused-ring (bicyclic) bond motifs is 1. The Morgan fingerprint density at radius 1 is 1.27 bits per heavy atom. The first kappa shape index (κ1) is 10.2. The molecule has 0 spiro atoms. The first-order chi connectivity index (χ1) is 7.22. The standard InChI is InChI=1S/C13H11ClO/c1-9-3-2-4-10-7-11(13(15)8-14)5-6-12(9)10/h2-7H,8H2,1H3. The number of rotatable bonds is 2. The molecular weight excluding hydrogens is 208 g/mol. The van der Waals surface area contributed by atoms with Crippen LogP contribution in [-0.4, -0.2) is 11.7 Å². The molecule has 2 heteroatoms. The predicted octanol–water partition coefficient (Wildman–Crippen LogP) is 3.57. The zero-order valence-corrected chi connectivity index (χ0v) is 9.21. The Kier molecular flexibility index (Phi) is 2.74. The maximum absolute atomic E-state index is 11.4. The number of halogens is 1. The molecular formula is C13H11ClO. The smallest absolute Gasteiger partial charge is 0.177 e. The lowest BCUT2D eigenvalue weighted by atomic mass is 10.0. The van der Waals surface area contributed by atoms with Crippen LogP contribution in [0.2, 0.25) is 0 Å². The average molecular weight is 219 g/mol. The molecule has 0 saturated carbocycles. The first-order valence-electron chi connectivity index (χ1n) is 4.81. The van der Waals surface area contributed by atoms with Crippen molar-refractivity contribution in [1.29, 1.82) is 0 Å². The monoisotopic (exact) mass is 218 g/mol. The van der Waals surface area contributed by atoms with Crippen LogP contribution in [-0.2, 0) is 0 Å². The van der Waals surface area contributed by atoms with E-state index in [0.29, 0.717) is 5.56 Å². The molecule has 0 aliphatic carbocycles. The summed E-state index contributed by atoms with van der Waals surface area (Å²) in [5, 5.41) is 2.27. The van der Waals surface area contributed by atoms with Crippen molar-refractivity contribution >= 4 is 28.2 Å². The van der Waals surface area contributed by atoms with E-state index >= 15 is 0 Å². The number of ketones is 1. The lowest BCUT2D eigenvalue weighted by molar-refractivity contribution is 0.102. The van der Waals surface area contributed by atoms with E-state index in [2.05, 4.69) is 13.0 Å². The topological polar surface area (TPSA) is 17.1 Å². The second kappa shape index (κ2) is 4.03. The Balaban J connectivity index is 2.62. The molecule has 76 valence electrons. The molecule has 0 atom stereocenters. The average Bonchev–Trinajstić information content (AvgIpc) is 2.28. The third-order valence-corrected chi connectivity index (χ3v) is 2.78. The van der Waals surface area contributed by atoms with Gasteiger partial charge in [0.25, 0.3) is 0 Å². The lowest BCUT2D eigenvalue weighted by Gasteiger charge is -2.03. The van der Waals surface area contributed by atoms with E-state index in [4.69, 9.17) is 11.6 Å². The highest BCUT2D eigenvalue weighted by atomic mass is 35.5. The van der Waals surface area contributed by atoms with Crippen molar-refractivity contribution in [3.63, 3.8) is 0 Å². The molecule has 0 aliphatic rings. The van der Waals surface area contributed by atoms with Crippen molar-refractivity contribution in [2.75, 3.05) is 5.88 Å². The summed E-state index contributed by atoms with van der Waals surface area (Å²) in [6, 6.07) is 11.8. The Hall–Kier alpha value is -1.34. The fourth-order valence-corrected chi connectivity index (χ4v) is 1.85. The Morgan fingerprint density at radius 2 is 2.07 bits per heavy atom. The summed E-state index contributed by atoms with van der Waals surface area (Å²) in [6.45, 7) is 2.06. The molecule has 0 aliphatic heterocycles. The quantitative estimate of drug-likeness (QED) is 0.556. The van der Waals surface area contributed by atoms with Gasteiger partial charge in [-0.2, -0.15) is 0 Å². The summed E-state index contributed by atoms with van der Waals surface area (Å²) < 4.78 is 0. The Labute approximate surface area is 93.7 Å². The summed E-state index contributed by atoms with van der Waals surface area (Å²) in [6.07, 6.45) is 0. The SMILES string of the molecule is Cc1cccc2cc(C(=O)CCl)ccc12. The molecule has 0 fully saturated rings. The maximum Gasteiger partial charge on any atom is 0.177 e. The molecule has 2 aromatic rings. The van der Waals surface area contributed by atoms with Gasteiger partial charge in [-0.25, -0.2) is 0 Å². The normalized spacial score (nSPS) is 10.5. The second-order valence-electron chi connectivity index (χ2n) is 3.57. The molecule has 0 aromatic heterocycles. The number of benzene rings is 2. The van der Waals surface area contributed by atoms with Crippen LogP contribution in [0.25, 0.3) is 10.8 Å². The van der Waals surface area contributed by atoms with Crippen molar-refractivity contribution < 1.29 is 4.79 Å². The van der Waals surface area contributed by atoms with Gasteiger partial charge < -0.3 is 0 Å². The van der Waals surface area contributed by atoms with Gasteiger partial charge in [-0.05, 0) is 29.3 Å². The number of carbonyl (C=O) groups excluding carboxylic acids is 1. The van der Waals surface area contributed by atoms with Crippen LogP contribution in [0.3, 0.4) is 0 Å². The highest BCUT2D eigenvalue weighted by molar-refractivity contribution is 6.30. The van der Waals surface area contributed by atoms with E-state index < -0.39 is 0 Å². The van der Waals surface area contributed by atoms with Crippen LogP contribution >= 0.6 is 11.6 Å². The molecule has 0 heterocycles. The van der Waals surface area contributed by atoms with Gasteiger partial charge in [-0.3, -0.25) is 4.79 Å². The number of alkyl halides is 1. The van der Waals surface area contributed by atoms with E-state index in [1.54, 1.807) is 0 Å². The van der Waals surface area contributed by atoms with Crippen LogP contribution in [0.4, 0.5) is 0 Å². The Bertz CT molecular complexity index is 517. The first-order valence-corrected chi connectivity index (χ1v) is 5.34. The van der Waals surface area contributed by atoms with Gasteiger partial charge in [0.2, 0.25) is 0 Å². The van der Waals surface area contributed by atoms with Crippen molar-refractivity contribution in [1.82, 2.24) is 0 Å². The molecule has 0 bridgehead atoms. The number of carbonyl (C=O) groups is 1. The van der Waals surface area contributed by atoms with Gasteiger partial charge in [-0.1, -0.05) is 30.3 Å². The number of hydrogen-bond acceptors (Lipinski definition) is 1. The van der Waals surface area contributed by atoms with Gasteiger partial charge in [0, 0.05) is 5.56 Å². The highest BCUT2D eigenvalue weighted by Gasteiger charge is 2.05. The number of Topliss-reactive ketones (excluding diaryl/α,β-unsaturated/α-hetero) is 1. The van der Waals surface area contributed by atoms with Crippen molar-refractivity contribution in [2.45, 2.75) is 6.92 Å². The molecule has 0 amide bonds. The largest absolute Gasteiger partial charge is 0.293 e. The van der Waals surface area contributed by atoms with E-state index in [0.717, 1.165) is 5.39 Å². The number of hydrogen-bond donors (Lipinski definition) is 0. The van der Waals surface area contributed by atoms with Gasteiger partial charge in [0.15, 0.2) is 5.78 Å². The predicted molar refractivity (Wildman–Crippen MR) is 63.7 cm³/mol. The molecule has 0 unspecified atom stereocenters. The van der Waals surface area contributed by atoms with Crippen LogP contribution in [0.15, 0.2) is 36.4 Å². The minimum atomic E-state index is -0.0277. The van der Waals surface area contributed by atoms with Gasteiger partial charge in [0.1, 0.15) is 0 Å². The molecule has 0 N–H and O–H groups in total. The fraction of sp³-hybridized carbons (Fsp3) is 0.154. The molecule has 2 aromatic carbocycles. The summed E-state index contributed by atoms with van der Waals surface area (Å²) >= 11 is 5.52. The maximum atomic E-state index is 11.4. The van der Waals surface area contributed by atoms with E-state index in [1.165, 1.54) is 10.9 Å². The van der Waals surface area contributed by atoms with Crippen molar-refractivity contribution in [3.05, 3.63) is 47.5 Å². The van der Waals surface area contributed by atoms with Crippen LogP contribution in [0.1, 0.15) is 15.9 Å². The van der Waals surface area contributed by atoms with Crippen molar-refractivity contribution in [3.8, 4) is 0 Å². The summed E-state index contributed by atoms with van der Waals surface area (Å²) in [7, 11) is 0. The summed E-state index contributed by atoms with van der Waals surface area (Å²) in [5.41, 5.74) is 1.90. The van der Waals surface area contributed by atoms with Crippen LogP contribution < -0.4 is 0 Å². The van der Waals surface area contributed by atoms with Gasteiger partial charge in [0.05, 0.1) is 5.88 Å². The fourth-order valence-electron chi connectivity index (χ4n) is 1.70. The Morgan fingerprint density at radius 3 is 2.80 bits per heavy atom. The van der Waals surface area contributed by atoms with E-state index in [-0.39, 0.29) is 11.7 Å². The second-order valence-corrected chi connectivity index (χ2v) is 3.83. The lowest BCUT2D eigenvalue weighted by Crippen LogP contribution is -1.99. The zero-order valence-electron chi connectivity index (χ0n) is 8.46. The molecule has 0 radical (unpaired) electrons. The third-order valence-electron chi connectivity index (χ3n) is 2.54. The molecule has 15 heavy (non-hydrogen) atoms. The van der Waals surface area contributed by atoms with Crippen molar-refractivity contribution in [2.24, 2.45) is 0 Å².